The first-order chi connectivity index (χ1) is 14.6. The van der Waals surface area contributed by atoms with Crippen LogP contribution in [-0.4, -0.2) is 129 Å². The lowest BCUT2D eigenvalue weighted by Crippen LogP contribution is -2.68. The maximum Gasteiger partial charge on any atom is 0.187 e. The molecule has 3 rings (SSSR count). The van der Waals surface area contributed by atoms with E-state index in [4.69, 9.17) is 41.9 Å². The Bertz CT molecular complexity index is 591. The molecule has 0 bridgehead atoms. The smallest absolute Gasteiger partial charge is 0.187 e. The molecule has 0 aromatic carbocycles. The summed E-state index contributed by atoms with van der Waals surface area (Å²) in [4.78, 5) is 0. The normalized spacial score (nSPS) is 53.6. The van der Waals surface area contributed by atoms with E-state index >= 15 is 0 Å². The fourth-order valence-electron chi connectivity index (χ4n) is 4.16. The second kappa shape index (κ2) is 10.1. The highest BCUT2D eigenvalue weighted by atomic mass is 16.7. The summed E-state index contributed by atoms with van der Waals surface area (Å²) in [5.74, 6) is 0. The minimum absolute atomic E-state index is 0.114. The molecule has 2 heterocycles. The van der Waals surface area contributed by atoms with Gasteiger partial charge in [0.25, 0.3) is 0 Å². The third-order valence-electron chi connectivity index (χ3n) is 6.13. The standard InChI is InChI=1S/C17H34N4O10/c18-2-6-10(24)12(26)8(21)16(28-6)30-14-5(20)1-4(19)9(23)15(14)31-17-13(27)11(25)7(3-22)29-17/h4-17,22-27H,1-3,18-21H2/t4-,5?,6?,7-,8?,9?,10-,11+,12-,13?,14-,15-,16-,17+/m1/s1. The van der Waals surface area contributed by atoms with Crippen LogP contribution in [-0.2, 0) is 18.9 Å². The van der Waals surface area contributed by atoms with Gasteiger partial charge in [-0.05, 0) is 6.42 Å². The van der Waals surface area contributed by atoms with Crippen molar-refractivity contribution in [2.24, 2.45) is 22.9 Å². The third kappa shape index (κ3) is 4.87. The largest absolute Gasteiger partial charge is 0.394 e. The van der Waals surface area contributed by atoms with E-state index in [0.29, 0.717) is 0 Å². The van der Waals surface area contributed by atoms with Gasteiger partial charge in [0, 0.05) is 18.6 Å². The van der Waals surface area contributed by atoms with E-state index in [1.807, 2.05) is 0 Å². The van der Waals surface area contributed by atoms with Crippen LogP contribution < -0.4 is 22.9 Å². The number of nitrogens with two attached hydrogens (primary N) is 4. The Morgan fingerprint density at radius 3 is 1.87 bits per heavy atom. The van der Waals surface area contributed by atoms with E-state index in [1.54, 1.807) is 0 Å². The molecule has 2 saturated heterocycles. The van der Waals surface area contributed by atoms with Gasteiger partial charge in [-0.15, -0.1) is 0 Å². The summed E-state index contributed by atoms with van der Waals surface area (Å²) in [7, 11) is 0. The molecule has 3 fully saturated rings. The van der Waals surface area contributed by atoms with Crippen molar-refractivity contribution in [1.29, 1.82) is 0 Å². The second-order valence-electron chi connectivity index (χ2n) is 8.30. The molecule has 1 saturated carbocycles. The molecule has 31 heavy (non-hydrogen) atoms. The summed E-state index contributed by atoms with van der Waals surface area (Å²) in [5, 5.41) is 60.2. The Morgan fingerprint density at radius 2 is 1.29 bits per heavy atom. The van der Waals surface area contributed by atoms with Gasteiger partial charge in [0.2, 0.25) is 0 Å². The maximum absolute atomic E-state index is 10.6. The Labute approximate surface area is 178 Å². The van der Waals surface area contributed by atoms with E-state index in [1.165, 1.54) is 0 Å². The fourth-order valence-corrected chi connectivity index (χ4v) is 4.16. The van der Waals surface area contributed by atoms with Gasteiger partial charge >= 0.3 is 0 Å². The first-order valence-corrected chi connectivity index (χ1v) is 10.2. The van der Waals surface area contributed by atoms with Gasteiger partial charge in [0.05, 0.1) is 18.8 Å². The third-order valence-corrected chi connectivity index (χ3v) is 6.13. The monoisotopic (exact) mass is 454 g/mol. The van der Waals surface area contributed by atoms with Crippen molar-refractivity contribution in [3.05, 3.63) is 0 Å². The SMILES string of the molecule is NCC1O[C@H](O[C@@H]2C(N)C[C@@H](N)C(O)[C@H]2O[C@@H]2O[C@H](CO)[C@H](O)C2O)C(N)[C@@H](O)[C@@H]1O. The van der Waals surface area contributed by atoms with E-state index in [-0.39, 0.29) is 13.0 Å². The molecular weight excluding hydrogens is 420 g/mol. The van der Waals surface area contributed by atoms with Crippen molar-refractivity contribution < 1.29 is 49.6 Å². The molecule has 14 nitrogen and oxygen atoms in total. The lowest BCUT2D eigenvalue weighted by atomic mass is 9.84. The molecule has 0 aromatic rings. The molecule has 14 heteroatoms. The lowest BCUT2D eigenvalue weighted by molar-refractivity contribution is -0.306. The average molecular weight is 454 g/mol. The van der Waals surface area contributed by atoms with Crippen LogP contribution in [0.2, 0.25) is 0 Å². The van der Waals surface area contributed by atoms with Crippen LogP contribution in [0.1, 0.15) is 6.42 Å². The van der Waals surface area contributed by atoms with Crippen molar-refractivity contribution in [1.82, 2.24) is 0 Å². The van der Waals surface area contributed by atoms with Crippen LogP contribution in [0.25, 0.3) is 0 Å². The Morgan fingerprint density at radius 1 is 0.710 bits per heavy atom. The molecule has 0 spiro atoms. The van der Waals surface area contributed by atoms with Crippen LogP contribution >= 0.6 is 0 Å². The second-order valence-corrected chi connectivity index (χ2v) is 8.30. The van der Waals surface area contributed by atoms with E-state index < -0.39 is 92.2 Å². The fraction of sp³-hybridized carbons (Fsp3) is 1.00. The molecule has 3 aliphatic rings. The van der Waals surface area contributed by atoms with Crippen molar-refractivity contribution in [3.8, 4) is 0 Å². The highest BCUT2D eigenvalue weighted by Gasteiger charge is 2.52. The van der Waals surface area contributed by atoms with Gasteiger partial charge in [-0.2, -0.15) is 0 Å². The Kier molecular flexibility index (Phi) is 8.21. The predicted octanol–water partition coefficient (Wildman–Crippen LogP) is -6.65. The van der Waals surface area contributed by atoms with Crippen LogP contribution in [0.15, 0.2) is 0 Å². The predicted molar refractivity (Wildman–Crippen MR) is 102 cm³/mol. The zero-order valence-electron chi connectivity index (χ0n) is 16.8. The van der Waals surface area contributed by atoms with Crippen LogP contribution in [0.4, 0.5) is 0 Å². The molecule has 182 valence electrons. The Balaban J connectivity index is 1.78. The van der Waals surface area contributed by atoms with Gasteiger partial charge in [-0.3, -0.25) is 0 Å². The topological polar surface area (TPSA) is 262 Å². The van der Waals surface area contributed by atoms with Crippen molar-refractivity contribution in [3.63, 3.8) is 0 Å². The summed E-state index contributed by atoms with van der Waals surface area (Å²) >= 11 is 0. The van der Waals surface area contributed by atoms with Crippen molar-refractivity contribution in [2.45, 2.75) is 92.1 Å². The first kappa shape index (κ1) is 25.1. The van der Waals surface area contributed by atoms with E-state index in [2.05, 4.69) is 0 Å². The molecule has 14 N–H and O–H groups in total. The number of hydrogen-bond donors (Lipinski definition) is 10. The summed E-state index contributed by atoms with van der Waals surface area (Å²) in [6.45, 7) is -0.673. The summed E-state index contributed by atoms with van der Waals surface area (Å²) in [6, 6.07) is -2.72. The van der Waals surface area contributed by atoms with E-state index in [9.17, 15) is 30.6 Å². The first-order valence-electron chi connectivity index (χ1n) is 10.2. The quantitative estimate of drug-likeness (QED) is 0.179. The number of hydrogen-bond acceptors (Lipinski definition) is 14. The van der Waals surface area contributed by atoms with Crippen LogP contribution in [0, 0.1) is 0 Å². The van der Waals surface area contributed by atoms with Crippen LogP contribution in [0.5, 0.6) is 0 Å². The zero-order chi connectivity index (χ0) is 23.0. The Hall–Kier alpha value is -0.560. The van der Waals surface area contributed by atoms with Gasteiger partial charge in [-0.1, -0.05) is 0 Å². The number of rotatable bonds is 6. The van der Waals surface area contributed by atoms with Gasteiger partial charge in [-0.25, -0.2) is 0 Å². The molecule has 1 aliphatic carbocycles. The molecule has 0 amide bonds. The highest BCUT2D eigenvalue weighted by Crippen LogP contribution is 2.31. The van der Waals surface area contributed by atoms with Crippen molar-refractivity contribution >= 4 is 0 Å². The minimum atomic E-state index is -1.51. The highest BCUT2D eigenvalue weighted by molar-refractivity contribution is 5.01. The average Bonchev–Trinajstić information content (AvgIpc) is 3.02. The minimum Gasteiger partial charge on any atom is -0.394 e. The molecule has 0 aromatic heterocycles. The summed E-state index contributed by atoms with van der Waals surface area (Å²) in [6.07, 6.45) is -13.8. The number of aliphatic hydroxyl groups is 6. The molecular formula is C17H34N4O10. The van der Waals surface area contributed by atoms with E-state index in [0.717, 1.165) is 0 Å². The lowest BCUT2D eigenvalue weighted by Gasteiger charge is -2.47. The zero-order valence-corrected chi connectivity index (χ0v) is 16.8. The van der Waals surface area contributed by atoms with Crippen molar-refractivity contribution in [2.75, 3.05) is 13.2 Å². The van der Waals surface area contributed by atoms with Crippen LogP contribution in [0.3, 0.4) is 0 Å². The molecule has 0 radical (unpaired) electrons. The molecule has 2 aliphatic heterocycles. The number of ether oxygens (including phenoxy) is 4. The molecule has 5 unspecified atom stereocenters. The van der Waals surface area contributed by atoms with Gasteiger partial charge < -0.3 is 72.5 Å². The summed E-state index contributed by atoms with van der Waals surface area (Å²) in [5.41, 5.74) is 23.6. The summed E-state index contributed by atoms with van der Waals surface area (Å²) < 4.78 is 22.5. The molecule has 14 atom stereocenters. The van der Waals surface area contributed by atoms with Gasteiger partial charge in [0.1, 0.15) is 48.8 Å². The number of aliphatic hydroxyl groups excluding tert-OH is 6. The van der Waals surface area contributed by atoms with Gasteiger partial charge in [0.15, 0.2) is 12.6 Å². The maximum atomic E-state index is 10.6.